The molecule has 1 fully saturated rings. The number of hydrogen-bond donors (Lipinski definition) is 3. The molecule has 1 saturated heterocycles. The average molecular weight is 407 g/mol. The van der Waals surface area contributed by atoms with Crippen molar-refractivity contribution in [3.8, 4) is 6.07 Å². The van der Waals surface area contributed by atoms with Crippen LogP contribution >= 0.6 is 0 Å². The number of anilines is 1. The summed E-state index contributed by atoms with van der Waals surface area (Å²) in [6.45, 7) is 6.98. The van der Waals surface area contributed by atoms with Crippen LogP contribution < -0.4 is 16.8 Å². The Labute approximate surface area is 174 Å². The van der Waals surface area contributed by atoms with Gasteiger partial charge < -0.3 is 21.7 Å². The monoisotopic (exact) mass is 407 g/mol. The second-order valence-electron chi connectivity index (χ2n) is 7.00. The number of aliphatic imine (C=N–C) groups is 1. The van der Waals surface area contributed by atoms with Crippen LogP contribution in [-0.4, -0.2) is 51.3 Å². The highest BCUT2D eigenvalue weighted by Crippen LogP contribution is 2.22. The minimum absolute atomic E-state index is 0.0472. The van der Waals surface area contributed by atoms with Crippen molar-refractivity contribution < 1.29 is 4.79 Å². The fourth-order valence-corrected chi connectivity index (χ4v) is 3.48. The third-order valence-electron chi connectivity index (χ3n) is 4.96. The molecule has 0 unspecified atom stereocenters. The zero-order valence-corrected chi connectivity index (χ0v) is 16.9. The first-order valence-corrected chi connectivity index (χ1v) is 9.62. The molecule has 0 aliphatic carbocycles. The Hall–Kier alpha value is -3.71. The predicted molar refractivity (Wildman–Crippen MR) is 114 cm³/mol. The van der Waals surface area contributed by atoms with Crippen molar-refractivity contribution in [3.05, 3.63) is 47.2 Å². The SMILES string of the molecule is C=N/C=C(NC(=O)c1c(N)nn2cc(CC#N)cnc12)\C(=C/C)N1CCC(N)CC1. The van der Waals surface area contributed by atoms with Crippen LogP contribution in [0.2, 0.25) is 0 Å². The smallest absolute Gasteiger partial charge is 0.263 e. The van der Waals surface area contributed by atoms with E-state index in [4.69, 9.17) is 16.7 Å². The van der Waals surface area contributed by atoms with E-state index in [0.29, 0.717) is 16.9 Å². The van der Waals surface area contributed by atoms with Crippen molar-refractivity contribution >= 4 is 24.1 Å². The molecular weight excluding hydrogens is 382 g/mol. The minimum atomic E-state index is -0.453. The maximum Gasteiger partial charge on any atom is 0.263 e. The van der Waals surface area contributed by atoms with Gasteiger partial charge in [-0.3, -0.25) is 9.79 Å². The van der Waals surface area contributed by atoms with E-state index in [2.05, 4.69) is 38.1 Å². The van der Waals surface area contributed by atoms with Gasteiger partial charge in [0.15, 0.2) is 11.5 Å². The van der Waals surface area contributed by atoms with E-state index < -0.39 is 5.91 Å². The number of amides is 1. The second-order valence-corrected chi connectivity index (χ2v) is 7.00. The van der Waals surface area contributed by atoms with Gasteiger partial charge >= 0.3 is 0 Å². The Morgan fingerprint density at radius 1 is 1.50 bits per heavy atom. The Bertz CT molecular complexity index is 1050. The Morgan fingerprint density at radius 3 is 2.87 bits per heavy atom. The standard InChI is InChI=1S/C20H25N9O/c1-3-16(28-8-5-14(22)6-9-28)15(11-24-2)26-20(30)17-18(23)27-29-12-13(4-7-21)10-25-19(17)29/h3,10-12,14H,2,4-6,8-9,22H2,1H3,(H2,23,27)(H,26,30)/b15-11+,16-3+. The molecule has 2 aromatic rings. The van der Waals surface area contributed by atoms with Gasteiger partial charge in [0.05, 0.1) is 30.1 Å². The molecule has 1 aliphatic rings. The molecule has 1 aliphatic heterocycles. The molecule has 0 radical (unpaired) electrons. The molecule has 0 spiro atoms. The van der Waals surface area contributed by atoms with E-state index in [-0.39, 0.29) is 23.8 Å². The van der Waals surface area contributed by atoms with Crippen LogP contribution in [0.15, 0.2) is 41.1 Å². The number of rotatable bonds is 6. The van der Waals surface area contributed by atoms with E-state index in [9.17, 15) is 4.79 Å². The van der Waals surface area contributed by atoms with Crippen molar-refractivity contribution in [2.75, 3.05) is 18.8 Å². The van der Waals surface area contributed by atoms with Crippen molar-refractivity contribution in [2.24, 2.45) is 10.7 Å². The number of carbonyl (C=O) groups excluding carboxylic acids is 1. The quantitative estimate of drug-likeness (QED) is 0.477. The minimum Gasteiger partial charge on any atom is -0.381 e. The van der Waals surface area contributed by atoms with Gasteiger partial charge in [-0.25, -0.2) is 9.50 Å². The lowest BCUT2D eigenvalue weighted by Crippen LogP contribution is -2.41. The molecule has 156 valence electrons. The molecule has 0 saturated carbocycles. The number of aromatic nitrogens is 3. The first-order chi connectivity index (χ1) is 14.5. The normalized spacial score (nSPS) is 15.8. The lowest BCUT2D eigenvalue weighted by Gasteiger charge is -2.34. The third kappa shape index (κ3) is 4.31. The van der Waals surface area contributed by atoms with Crippen molar-refractivity contribution in [1.29, 1.82) is 5.26 Å². The molecule has 10 nitrogen and oxygen atoms in total. The Morgan fingerprint density at radius 2 is 2.23 bits per heavy atom. The number of likely N-dealkylation sites (tertiary alicyclic amines) is 1. The number of nitrogens with two attached hydrogens (primary N) is 2. The number of nitrogens with zero attached hydrogens (tertiary/aromatic N) is 6. The largest absolute Gasteiger partial charge is 0.381 e. The maximum absolute atomic E-state index is 13.1. The first kappa shape index (κ1) is 21.0. The highest BCUT2D eigenvalue weighted by Gasteiger charge is 2.24. The van der Waals surface area contributed by atoms with Gasteiger partial charge in [-0.1, -0.05) is 6.08 Å². The molecule has 10 heteroatoms. The van der Waals surface area contributed by atoms with Crippen LogP contribution in [0.5, 0.6) is 0 Å². The summed E-state index contributed by atoms with van der Waals surface area (Å²) >= 11 is 0. The molecular formula is C20H25N9O. The van der Waals surface area contributed by atoms with E-state index in [1.807, 2.05) is 13.0 Å². The van der Waals surface area contributed by atoms with Gasteiger partial charge in [0.2, 0.25) is 0 Å². The fourth-order valence-electron chi connectivity index (χ4n) is 3.48. The van der Waals surface area contributed by atoms with Crippen LogP contribution in [0, 0.1) is 11.3 Å². The number of piperidine rings is 1. The van der Waals surface area contributed by atoms with E-state index in [0.717, 1.165) is 31.6 Å². The lowest BCUT2D eigenvalue weighted by atomic mass is 10.0. The number of hydrogen-bond acceptors (Lipinski definition) is 8. The van der Waals surface area contributed by atoms with Gasteiger partial charge in [0.1, 0.15) is 5.56 Å². The average Bonchev–Trinajstić information content (AvgIpc) is 3.05. The van der Waals surface area contributed by atoms with Crippen LogP contribution in [0.25, 0.3) is 5.65 Å². The zero-order chi connectivity index (χ0) is 21.7. The van der Waals surface area contributed by atoms with Crippen LogP contribution in [0.1, 0.15) is 35.7 Å². The number of nitrogen functional groups attached to an aromatic ring is 1. The molecule has 2 aromatic heterocycles. The first-order valence-electron chi connectivity index (χ1n) is 9.62. The summed E-state index contributed by atoms with van der Waals surface area (Å²) in [4.78, 5) is 23.4. The predicted octanol–water partition coefficient (Wildman–Crippen LogP) is 0.976. The molecule has 30 heavy (non-hydrogen) atoms. The number of carbonyl (C=O) groups is 1. The Kier molecular flexibility index (Phi) is 6.44. The highest BCUT2D eigenvalue weighted by atomic mass is 16.1. The molecule has 3 heterocycles. The fraction of sp³-hybridized carbons (Fsp3) is 0.350. The van der Waals surface area contributed by atoms with E-state index >= 15 is 0 Å². The van der Waals surface area contributed by atoms with Gasteiger partial charge in [-0.2, -0.15) is 5.26 Å². The Balaban J connectivity index is 1.88. The summed E-state index contributed by atoms with van der Waals surface area (Å²) in [6, 6.07) is 2.24. The molecule has 3 rings (SSSR count). The summed E-state index contributed by atoms with van der Waals surface area (Å²) in [5.41, 5.74) is 14.5. The molecule has 1 amide bonds. The summed E-state index contributed by atoms with van der Waals surface area (Å²) in [5, 5.41) is 15.9. The summed E-state index contributed by atoms with van der Waals surface area (Å²) in [6.07, 6.45) is 8.52. The van der Waals surface area contributed by atoms with Gasteiger partial charge in [0, 0.05) is 37.1 Å². The van der Waals surface area contributed by atoms with Crippen LogP contribution in [-0.2, 0) is 6.42 Å². The summed E-state index contributed by atoms with van der Waals surface area (Å²) in [5.74, 6) is -0.406. The summed E-state index contributed by atoms with van der Waals surface area (Å²) in [7, 11) is 0. The summed E-state index contributed by atoms with van der Waals surface area (Å²) < 4.78 is 1.41. The van der Waals surface area contributed by atoms with E-state index in [1.54, 1.807) is 6.20 Å². The molecule has 0 atom stereocenters. The number of nitrogens with one attached hydrogen (secondary N) is 1. The second kappa shape index (κ2) is 9.19. The van der Waals surface area contributed by atoms with Crippen molar-refractivity contribution in [1.82, 2.24) is 24.8 Å². The molecule has 0 aromatic carbocycles. The van der Waals surface area contributed by atoms with Gasteiger partial charge in [-0.05, 0) is 26.5 Å². The molecule has 0 bridgehead atoms. The van der Waals surface area contributed by atoms with Crippen LogP contribution in [0.3, 0.4) is 0 Å². The number of nitriles is 1. The maximum atomic E-state index is 13.1. The highest BCUT2D eigenvalue weighted by molar-refractivity contribution is 6.05. The van der Waals surface area contributed by atoms with Crippen molar-refractivity contribution in [2.45, 2.75) is 32.2 Å². The lowest BCUT2D eigenvalue weighted by molar-refractivity contribution is 0.0966. The molecule has 5 N–H and O–H groups in total. The number of fused-ring (bicyclic) bond motifs is 1. The van der Waals surface area contributed by atoms with Gasteiger partial charge in [-0.15, -0.1) is 5.10 Å². The van der Waals surface area contributed by atoms with Crippen molar-refractivity contribution in [3.63, 3.8) is 0 Å². The van der Waals surface area contributed by atoms with Gasteiger partial charge in [0.25, 0.3) is 5.91 Å². The third-order valence-corrected chi connectivity index (χ3v) is 4.96. The zero-order valence-electron chi connectivity index (χ0n) is 16.9. The van der Waals surface area contributed by atoms with E-state index in [1.165, 1.54) is 16.9 Å². The number of allylic oxidation sites excluding steroid dienone is 1. The van der Waals surface area contributed by atoms with Crippen LogP contribution in [0.4, 0.5) is 5.82 Å². The topological polar surface area (TPSA) is 151 Å².